The van der Waals surface area contributed by atoms with E-state index in [0.29, 0.717) is 0 Å². The van der Waals surface area contributed by atoms with Crippen molar-refractivity contribution in [2.45, 2.75) is 45.1 Å². The van der Waals surface area contributed by atoms with Crippen molar-refractivity contribution in [3.8, 4) is 11.5 Å². The van der Waals surface area contributed by atoms with Crippen molar-refractivity contribution in [3.63, 3.8) is 0 Å². The molecule has 2 N–H and O–H groups in total. The van der Waals surface area contributed by atoms with Gasteiger partial charge in [0.25, 0.3) is 0 Å². The van der Waals surface area contributed by atoms with Gasteiger partial charge in [0.15, 0.2) is 11.5 Å². The molecule has 2 aliphatic rings. The highest BCUT2D eigenvalue weighted by Gasteiger charge is 2.36. The van der Waals surface area contributed by atoms with Gasteiger partial charge in [-0.2, -0.15) is 0 Å². The molecule has 1 aliphatic heterocycles. The highest BCUT2D eigenvalue weighted by molar-refractivity contribution is 5.44. The number of nitrogens with two attached hydrogens (primary N) is 1. The quantitative estimate of drug-likeness (QED) is 0.887. The molecule has 1 fully saturated rings. The Morgan fingerprint density at radius 2 is 1.74 bits per heavy atom. The van der Waals surface area contributed by atoms with Gasteiger partial charge in [0.05, 0.1) is 13.2 Å². The van der Waals surface area contributed by atoms with Gasteiger partial charge in [0.2, 0.25) is 0 Å². The summed E-state index contributed by atoms with van der Waals surface area (Å²) in [5.41, 5.74) is 7.92. The molecule has 0 amide bonds. The molecule has 1 aromatic carbocycles. The molecule has 1 heterocycles. The predicted octanol–water partition coefficient (Wildman–Crippen LogP) is 3.43. The molecule has 1 atom stereocenters. The summed E-state index contributed by atoms with van der Waals surface area (Å²) in [6, 6.07) is 6.28. The van der Waals surface area contributed by atoms with Gasteiger partial charge in [-0.05, 0) is 36.0 Å². The Morgan fingerprint density at radius 3 is 2.47 bits per heavy atom. The van der Waals surface area contributed by atoms with Crippen LogP contribution in [0.3, 0.4) is 0 Å². The first-order valence-corrected chi connectivity index (χ1v) is 7.34. The monoisotopic (exact) mass is 261 g/mol. The molecule has 3 nitrogen and oxygen atoms in total. The lowest BCUT2D eigenvalue weighted by atomic mass is 9.78. The van der Waals surface area contributed by atoms with Crippen LogP contribution < -0.4 is 15.2 Å². The lowest BCUT2D eigenvalue weighted by Crippen LogP contribution is -2.29. The van der Waals surface area contributed by atoms with Gasteiger partial charge >= 0.3 is 0 Å². The van der Waals surface area contributed by atoms with Gasteiger partial charge in [-0.3, -0.25) is 0 Å². The molecule has 1 aliphatic carbocycles. The van der Waals surface area contributed by atoms with Gasteiger partial charge < -0.3 is 15.2 Å². The average molecular weight is 261 g/mol. The van der Waals surface area contributed by atoms with Gasteiger partial charge in [-0.15, -0.1) is 0 Å². The van der Waals surface area contributed by atoms with E-state index in [1.807, 2.05) is 6.07 Å². The number of hydrogen-bond donors (Lipinski definition) is 1. The van der Waals surface area contributed by atoms with Crippen molar-refractivity contribution < 1.29 is 9.47 Å². The Balaban J connectivity index is 1.87. The Morgan fingerprint density at radius 1 is 1.05 bits per heavy atom. The Kier molecular flexibility index (Phi) is 3.40. The summed E-state index contributed by atoms with van der Waals surface area (Å²) in [6.07, 6.45) is 5.99. The largest absolute Gasteiger partial charge is 0.490 e. The van der Waals surface area contributed by atoms with Gasteiger partial charge in [-0.1, -0.05) is 25.8 Å². The standard InChI is InChI=1S/C16H23NO2/c1-16(7-2-3-8-16)15(17)12-5-6-13-14(11-12)19-10-4-9-18-13/h5-6,11,15H,2-4,7-10,17H2,1H3. The van der Waals surface area contributed by atoms with E-state index in [1.54, 1.807) is 0 Å². The van der Waals surface area contributed by atoms with Crippen molar-refractivity contribution in [1.82, 2.24) is 0 Å². The fourth-order valence-corrected chi connectivity index (χ4v) is 3.27. The van der Waals surface area contributed by atoms with Crippen LogP contribution in [0.4, 0.5) is 0 Å². The van der Waals surface area contributed by atoms with Crippen LogP contribution in [0, 0.1) is 5.41 Å². The molecule has 3 rings (SSSR count). The second kappa shape index (κ2) is 5.04. The van der Waals surface area contributed by atoms with E-state index in [2.05, 4.69) is 19.1 Å². The van der Waals surface area contributed by atoms with Crippen molar-refractivity contribution in [2.24, 2.45) is 11.1 Å². The summed E-state index contributed by atoms with van der Waals surface area (Å²) in [6.45, 7) is 3.77. The normalized spacial score (nSPS) is 22.8. The van der Waals surface area contributed by atoms with Crippen LogP contribution in [-0.4, -0.2) is 13.2 Å². The third-order valence-corrected chi connectivity index (χ3v) is 4.63. The molecule has 0 radical (unpaired) electrons. The lowest BCUT2D eigenvalue weighted by molar-refractivity contribution is 0.264. The second-order valence-corrected chi connectivity index (χ2v) is 6.10. The maximum absolute atomic E-state index is 6.51. The first-order chi connectivity index (χ1) is 9.19. The lowest BCUT2D eigenvalue weighted by Gasteiger charge is -2.31. The van der Waals surface area contributed by atoms with Crippen molar-refractivity contribution >= 4 is 0 Å². The molecule has 0 saturated heterocycles. The minimum absolute atomic E-state index is 0.0900. The van der Waals surface area contributed by atoms with E-state index in [4.69, 9.17) is 15.2 Å². The fourth-order valence-electron chi connectivity index (χ4n) is 3.27. The zero-order valence-corrected chi connectivity index (χ0v) is 11.7. The first kappa shape index (κ1) is 12.8. The molecule has 19 heavy (non-hydrogen) atoms. The van der Waals surface area contributed by atoms with E-state index in [-0.39, 0.29) is 11.5 Å². The van der Waals surface area contributed by atoms with Gasteiger partial charge in [-0.25, -0.2) is 0 Å². The zero-order chi connectivity index (χ0) is 13.3. The number of rotatable bonds is 2. The van der Waals surface area contributed by atoms with E-state index >= 15 is 0 Å². The third kappa shape index (κ3) is 2.44. The van der Waals surface area contributed by atoms with Gasteiger partial charge in [0.1, 0.15) is 0 Å². The Bertz CT molecular complexity index is 452. The maximum atomic E-state index is 6.51. The number of fused-ring (bicyclic) bond motifs is 1. The molecule has 3 heteroatoms. The van der Waals surface area contributed by atoms with Crippen LogP contribution in [-0.2, 0) is 0 Å². The first-order valence-electron chi connectivity index (χ1n) is 7.34. The topological polar surface area (TPSA) is 44.5 Å². The molecular weight excluding hydrogens is 238 g/mol. The van der Waals surface area contributed by atoms with Gasteiger partial charge in [0, 0.05) is 12.5 Å². The molecule has 0 spiro atoms. The summed E-state index contributed by atoms with van der Waals surface area (Å²) in [5.74, 6) is 1.71. The second-order valence-electron chi connectivity index (χ2n) is 6.10. The fraction of sp³-hybridized carbons (Fsp3) is 0.625. The summed E-state index contributed by atoms with van der Waals surface area (Å²) in [4.78, 5) is 0. The number of hydrogen-bond acceptors (Lipinski definition) is 3. The van der Waals surface area contributed by atoms with Crippen LogP contribution in [0.2, 0.25) is 0 Å². The number of ether oxygens (including phenoxy) is 2. The van der Waals surface area contributed by atoms with Crippen molar-refractivity contribution in [3.05, 3.63) is 23.8 Å². The highest BCUT2D eigenvalue weighted by atomic mass is 16.5. The third-order valence-electron chi connectivity index (χ3n) is 4.63. The predicted molar refractivity (Wildman–Crippen MR) is 75.6 cm³/mol. The van der Waals surface area contributed by atoms with Crippen LogP contribution in [0.5, 0.6) is 11.5 Å². The molecule has 0 aromatic heterocycles. The van der Waals surface area contributed by atoms with Crippen LogP contribution in [0.25, 0.3) is 0 Å². The van der Waals surface area contributed by atoms with Crippen LogP contribution >= 0.6 is 0 Å². The minimum atomic E-state index is 0.0900. The van der Waals surface area contributed by atoms with E-state index < -0.39 is 0 Å². The maximum Gasteiger partial charge on any atom is 0.161 e. The SMILES string of the molecule is CC1(C(N)c2ccc3c(c2)OCCCO3)CCCC1. The Hall–Kier alpha value is -1.22. The summed E-state index contributed by atoms with van der Waals surface area (Å²) in [5, 5.41) is 0. The smallest absolute Gasteiger partial charge is 0.161 e. The van der Waals surface area contributed by atoms with E-state index in [1.165, 1.54) is 31.2 Å². The van der Waals surface area contributed by atoms with Crippen LogP contribution in [0.1, 0.15) is 50.6 Å². The minimum Gasteiger partial charge on any atom is -0.490 e. The van der Waals surface area contributed by atoms with Crippen LogP contribution in [0.15, 0.2) is 18.2 Å². The summed E-state index contributed by atoms with van der Waals surface area (Å²) < 4.78 is 11.4. The molecule has 1 unspecified atom stereocenters. The molecule has 0 bridgehead atoms. The van der Waals surface area contributed by atoms with Crippen molar-refractivity contribution in [2.75, 3.05) is 13.2 Å². The zero-order valence-electron chi connectivity index (χ0n) is 11.7. The molecule has 1 aromatic rings. The number of benzene rings is 1. The average Bonchev–Trinajstić information content (AvgIpc) is 2.74. The van der Waals surface area contributed by atoms with Crippen molar-refractivity contribution in [1.29, 1.82) is 0 Å². The summed E-state index contributed by atoms with van der Waals surface area (Å²) >= 11 is 0. The summed E-state index contributed by atoms with van der Waals surface area (Å²) in [7, 11) is 0. The van der Waals surface area contributed by atoms with E-state index in [9.17, 15) is 0 Å². The van der Waals surface area contributed by atoms with E-state index in [0.717, 1.165) is 31.1 Å². The molecular formula is C16H23NO2. The molecule has 1 saturated carbocycles. The highest BCUT2D eigenvalue weighted by Crippen LogP contribution is 2.47. The Labute approximate surface area is 115 Å². The molecule has 104 valence electrons.